The fourth-order valence-electron chi connectivity index (χ4n) is 2.86. The van der Waals surface area contributed by atoms with Crippen LogP contribution in [0.1, 0.15) is 31.4 Å². The van der Waals surface area contributed by atoms with Gasteiger partial charge in [-0.2, -0.15) is 0 Å². The van der Waals surface area contributed by atoms with Crippen molar-refractivity contribution >= 4 is 17.5 Å². The molecule has 2 aromatic rings. The highest BCUT2D eigenvalue weighted by atomic mass is 19.1. The Balaban J connectivity index is 1.75. The van der Waals surface area contributed by atoms with Crippen LogP contribution in [-0.2, 0) is 4.79 Å². The maximum Gasteiger partial charge on any atom is 0.227 e. The lowest BCUT2D eigenvalue weighted by Gasteiger charge is -2.31. The molecule has 1 aliphatic rings. The van der Waals surface area contributed by atoms with Crippen LogP contribution in [0.4, 0.5) is 16.0 Å². The molecule has 1 aromatic carbocycles. The van der Waals surface area contributed by atoms with Gasteiger partial charge in [0, 0.05) is 37.8 Å². The second-order valence-electron chi connectivity index (χ2n) is 5.74. The Bertz CT molecular complexity index is 706. The first-order valence-corrected chi connectivity index (χ1v) is 7.73. The molecule has 120 valence electrons. The molecule has 1 aliphatic heterocycles. The fourth-order valence-corrected chi connectivity index (χ4v) is 2.86. The minimum atomic E-state index is -0.310. The van der Waals surface area contributed by atoms with E-state index in [1.54, 1.807) is 25.3 Å². The molecule has 1 N–H and O–H groups in total. The van der Waals surface area contributed by atoms with E-state index in [4.69, 9.17) is 0 Å². The molecule has 1 fully saturated rings. The van der Waals surface area contributed by atoms with E-state index in [0.29, 0.717) is 18.2 Å². The second kappa shape index (κ2) is 6.73. The maximum absolute atomic E-state index is 13.2. The van der Waals surface area contributed by atoms with Gasteiger partial charge in [-0.15, -0.1) is 0 Å². The summed E-state index contributed by atoms with van der Waals surface area (Å²) in [5.41, 5.74) is 1.51. The summed E-state index contributed by atoms with van der Waals surface area (Å²) in [5, 5.41) is 3.02. The predicted octanol–water partition coefficient (Wildman–Crippen LogP) is 3.09. The highest BCUT2D eigenvalue weighted by Gasteiger charge is 2.24. The van der Waals surface area contributed by atoms with E-state index >= 15 is 0 Å². The average Bonchev–Trinajstić information content (AvgIpc) is 2.55. The Kier molecular flexibility index (Phi) is 4.50. The number of nitrogens with one attached hydrogen (secondary N) is 1. The first-order valence-electron chi connectivity index (χ1n) is 7.73. The average molecular weight is 314 g/mol. The third-order valence-corrected chi connectivity index (χ3v) is 4.04. The second-order valence-corrected chi connectivity index (χ2v) is 5.74. The quantitative estimate of drug-likeness (QED) is 0.946. The third kappa shape index (κ3) is 3.83. The molecule has 2 heterocycles. The minimum absolute atomic E-state index is 0.0989. The van der Waals surface area contributed by atoms with E-state index in [1.807, 2.05) is 11.0 Å². The molecule has 0 spiro atoms. The van der Waals surface area contributed by atoms with Crippen LogP contribution in [0, 0.1) is 5.82 Å². The van der Waals surface area contributed by atoms with Gasteiger partial charge < -0.3 is 10.2 Å². The van der Waals surface area contributed by atoms with Gasteiger partial charge in [-0.3, -0.25) is 4.79 Å². The topological polar surface area (TPSA) is 58.1 Å². The summed E-state index contributed by atoms with van der Waals surface area (Å²) < 4.78 is 13.2. The molecular weight excluding hydrogens is 295 g/mol. The summed E-state index contributed by atoms with van der Waals surface area (Å²) in [5.74, 6) is 0.439. The molecule has 1 saturated heterocycles. The van der Waals surface area contributed by atoms with Gasteiger partial charge in [0.05, 0.1) is 5.69 Å². The zero-order valence-electron chi connectivity index (χ0n) is 13.0. The fraction of sp³-hybridized carbons (Fsp3) is 0.353. The van der Waals surface area contributed by atoms with Crippen molar-refractivity contribution in [2.24, 2.45) is 0 Å². The number of hydrogen-bond acceptors (Lipinski definition) is 4. The van der Waals surface area contributed by atoms with Crippen molar-refractivity contribution in [3.05, 3.63) is 48.0 Å². The highest BCUT2D eigenvalue weighted by Crippen LogP contribution is 2.26. The number of halogens is 1. The Morgan fingerprint density at radius 1 is 1.39 bits per heavy atom. The third-order valence-electron chi connectivity index (χ3n) is 4.04. The number of rotatable bonds is 3. The van der Waals surface area contributed by atoms with Gasteiger partial charge in [0.1, 0.15) is 5.82 Å². The largest absolute Gasteiger partial charge is 0.342 e. The van der Waals surface area contributed by atoms with Crippen molar-refractivity contribution in [2.75, 3.05) is 18.4 Å². The van der Waals surface area contributed by atoms with Gasteiger partial charge in [-0.1, -0.05) is 6.07 Å². The molecule has 3 rings (SSSR count). The molecule has 0 saturated carbocycles. The first-order chi connectivity index (χ1) is 11.1. The van der Waals surface area contributed by atoms with Gasteiger partial charge in [0.25, 0.3) is 0 Å². The number of amides is 1. The summed E-state index contributed by atoms with van der Waals surface area (Å²) in [6, 6.07) is 8.06. The van der Waals surface area contributed by atoms with E-state index < -0.39 is 0 Å². The van der Waals surface area contributed by atoms with E-state index in [0.717, 1.165) is 25.1 Å². The van der Waals surface area contributed by atoms with E-state index in [2.05, 4.69) is 15.3 Å². The van der Waals surface area contributed by atoms with Crippen molar-refractivity contribution in [3.63, 3.8) is 0 Å². The molecule has 23 heavy (non-hydrogen) atoms. The maximum atomic E-state index is 13.2. The number of hydrogen-bond donors (Lipinski definition) is 1. The van der Waals surface area contributed by atoms with Crippen LogP contribution in [0.25, 0.3) is 0 Å². The van der Waals surface area contributed by atoms with Gasteiger partial charge in [0.2, 0.25) is 11.9 Å². The predicted molar refractivity (Wildman–Crippen MR) is 85.9 cm³/mol. The smallest absolute Gasteiger partial charge is 0.227 e. The van der Waals surface area contributed by atoms with Gasteiger partial charge in [-0.25, -0.2) is 14.4 Å². The highest BCUT2D eigenvalue weighted by molar-refractivity contribution is 5.73. The standard InChI is InChI=1S/C17H19FN4O/c1-12(23)22-9-3-4-13(11-22)16-7-8-19-17(21-16)20-15-6-2-5-14(18)10-15/h2,5-8,10,13H,3-4,9,11H2,1H3,(H,19,20,21). The van der Waals surface area contributed by atoms with Gasteiger partial charge in [-0.05, 0) is 37.1 Å². The van der Waals surface area contributed by atoms with Crippen LogP contribution in [0.5, 0.6) is 0 Å². The minimum Gasteiger partial charge on any atom is -0.342 e. The lowest BCUT2D eigenvalue weighted by molar-refractivity contribution is -0.130. The molecular formula is C17H19FN4O. The van der Waals surface area contributed by atoms with Gasteiger partial charge in [0.15, 0.2) is 0 Å². The molecule has 1 aromatic heterocycles. The summed E-state index contributed by atoms with van der Waals surface area (Å²) >= 11 is 0. The Hall–Kier alpha value is -2.50. The van der Waals surface area contributed by atoms with Crippen LogP contribution >= 0.6 is 0 Å². The Morgan fingerprint density at radius 3 is 3.04 bits per heavy atom. The van der Waals surface area contributed by atoms with Gasteiger partial charge >= 0.3 is 0 Å². The lowest BCUT2D eigenvalue weighted by Crippen LogP contribution is -2.37. The normalized spacial score (nSPS) is 17.8. The zero-order chi connectivity index (χ0) is 16.2. The summed E-state index contributed by atoms with van der Waals surface area (Å²) in [6.07, 6.45) is 3.66. The first kappa shape index (κ1) is 15.4. The van der Waals surface area contributed by atoms with Crippen LogP contribution < -0.4 is 5.32 Å². The van der Waals surface area contributed by atoms with Crippen LogP contribution in [-0.4, -0.2) is 33.9 Å². The van der Waals surface area contributed by atoms with Crippen LogP contribution in [0.15, 0.2) is 36.5 Å². The summed E-state index contributed by atoms with van der Waals surface area (Å²) in [4.78, 5) is 22.1. The van der Waals surface area contributed by atoms with Crippen molar-refractivity contribution in [2.45, 2.75) is 25.7 Å². The Morgan fingerprint density at radius 2 is 2.26 bits per heavy atom. The molecule has 5 nitrogen and oxygen atoms in total. The summed E-state index contributed by atoms with van der Waals surface area (Å²) in [6.45, 7) is 3.09. The lowest BCUT2D eigenvalue weighted by atomic mass is 9.94. The molecule has 0 radical (unpaired) electrons. The number of benzene rings is 1. The number of carbonyl (C=O) groups is 1. The SMILES string of the molecule is CC(=O)N1CCCC(c2ccnc(Nc3cccc(F)c3)n2)C1. The van der Waals surface area contributed by atoms with E-state index in [9.17, 15) is 9.18 Å². The number of piperidine rings is 1. The molecule has 1 unspecified atom stereocenters. The van der Waals surface area contributed by atoms with Crippen LogP contribution in [0.2, 0.25) is 0 Å². The van der Waals surface area contributed by atoms with E-state index in [1.165, 1.54) is 12.1 Å². The zero-order valence-corrected chi connectivity index (χ0v) is 13.0. The number of nitrogens with zero attached hydrogens (tertiary/aromatic N) is 3. The number of anilines is 2. The number of likely N-dealkylation sites (tertiary alicyclic amines) is 1. The van der Waals surface area contributed by atoms with Crippen molar-refractivity contribution in [1.82, 2.24) is 14.9 Å². The number of aromatic nitrogens is 2. The molecule has 6 heteroatoms. The van der Waals surface area contributed by atoms with Crippen molar-refractivity contribution in [1.29, 1.82) is 0 Å². The monoisotopic (exact) mass is 314 g/mol. The summed E-state index contributed by atoms with van der Waals surface area (Å²) in [7, 11) is 0. The van der Waals surface area contributed by atoms with Crippen molar-refractivity contribution < 1.29 is 9.18 Å². The molecule has 0 bridgehead atoms. The molecule has 0 aliphatic carbocycles. The van der Waals surface area contributed by atoms with E-state index in [-0.39, 0.29) is 17.6 Å². The molecule has 1 amide bonds. The molecule has 1 atom stereocenters. The number of carbonyl (C=O) groups excluding carboxylic acids is 1. The van der Waals surface area contributed by atoms with Crippen LogP contribution in [0.3, 0.4) is 0 Å². The Labute approximate surface area is 134 Å². The van der Waals surface area contributed by atoms with Crippen molar-refractivity contribution in [3.8, 4) is 0 Å².